The second-order valence-corrected chi connectivity index (χ2v) is 15.0. The highest BCUT2D eigenvalue weighted by Gasteiger charge is 2.40. The van der Waals surface area contributed by atoms with Crippen molar-refractivity contribution in [2.24, 2.45) is 17.6 Å². The van der Waals surface area contributed by atoms with E-state index in [9.17, 15) is 39.0 Å². The van der Waals surface area contributed by atoms with Gasteiger partial charge in [-0.05, 0) is 57.6 Å². The lowest BCUT2D eigenvalue weighted by Crippen LogP contribution is -2.61. The van der Waals surface area contributed by atoms with E-state index >= 15 is 0 Å². The second kappa shape index (κ2) is 21.2. The largest absolute Gasteiger partial charge is 0.396 e. The number of primary amides is 1. The van der Waals surface area contributed by atoms with E-state index in [2.05, 4.69) is 10.6 Å². The number of aliphatic hydroxyl groups is 2. The number of hydrogen-bond acceptors (Lipinski definition) is 9. The lowest BCUT2D eigenvalue weighted by atomic mass is 9.95. The van der Waals surface area contributed by atoms with Crippen LogP contribution in [0.15, 0.2) is 0 Å². The summed E-state index contributed by atoms with van der Waals surface area (Å²) in [5, 5.41) is 25.3. The molecule has 0 aliphatic heterocycles. The standard InChI is InChI=1S/C33H62N6O8S/c1-12-14-26(41)37(9)25(19-48-16-13-15-40)31(45)39(11)24(18-33(7,8)47)30(44)36-27(21(4)5)32(46)38(10)23(17-20(2)3)29(43)35-22(6)28(34)42/h20-25,27,40,47H,12-19H2,1-11H3,(H2,34,42)(H,35,43)(H,36,44)/t22-,23+,24+,25-,27+/m1/s1. The smallest absolute Gasteiger partial charge is 0.246 e. The average Bonchev–Trinajstić information content (AvgIpc) is 2.98. The fourth-order valence-electron chi connectivity index (χ4n) is 4.95. The van der Waals surface area contributed by atoms with Crippen molar-refractivity contribution in [1.82, 2.24) is 25.3 Å². The van der Waals surface area contributed by atoms with Crippen LogP contribution in [0.4, 0.5) is 0 Å². The zero-order valence-electron chi connectivity index (χ0n) is 30.9. The predicted molar refractivity (Wildman–Crippen MR) is 188 cm³/mol. The summed E-state index contributed by atoms with van der Waals surface area (Å²) >= 11 is 1.40. The van der Waals surface area contributed by atoms with Gasteiger partial charge in [-0.3, -0.25) is 28.8 Å². The van der Waals surface area contributed by atoms with Gasteiger partial charge in [-0.25, -0.2) is 0 Å². The number of nitrogens with two attached hydrogens (primary N) is 1. The van der Waals surface area contributed by atoms with Crippen LogP contribution in [0.25, 0.3) is 0 Å². The van der Waals surface area contributed by atoms with Gasteiger partial charge in [0, 0.05) is 46.3 Å². The van der Waals surface area contributed by atoms with Gasteiger partial charge in [0.1, 0.15) is 30.2 Å². The normalized spacial score (nSPS) is 14.8. The molecule has 0 saturated carbocycles. The number of amides is 6. The van der Waals surface area contributed by atoms with Crippen molar-refractivity contribution >= 4 is 47.2 Å². The third-order valence-electron chi connectivity index (χ3n) is 7.97. The van der Waals surface area contributed by atoms with Crippen molar-refractivity contribution in [3.63, 3.8) is 0 Å². The number of likely N-dealkylation sites (N-methyl/N-ethyl adjacent to an activating group) is 3. The Balaban J connectivity index is 6.47. The molecule has 0 fully saturated rings. The molecule has 14 nitrogen and oxygen atoms in total. The Bertz CT molecular complexity index is 1080. The molecule has 0 spiro atoms. The van der Waals surface area contributed by atoms with Crippen LogP contribution in [-0.4, -0.2) is 135 Å². The van der Waals surface area contributed by atoms with E-state index in [0.29, 0.717) is 18.6 Å². The molecule has 0 radical (unpaired) electrons. The molecule has 278 valence electrons. The Morgan fingerprint density at radius 1 is 0.833 bits per heavy atom. The number of carbonyl (C=O) groups excluding carboxylic acids is 6. The van der Waals surface area contributed by atoms with Crippen LogP contribution >= 0.6 is 11.8 Å². The molecule has 0 aromatic carbocycles. The van der Waals surface area contributed by atoms with E-state index < -0.39 is 71.3 Å². The molecule has 0 bridgehead atoms. The molecule has 5 atom stereocenters. The molecule has 0 aromatic rings. The van der Waals surface area contributed by atoms with E-state index in [1.807, 2.05) is 20.8 Å². The molecule has 0 aromatic heterocycles. The number of aliphatic hydroxyl groups excluding tert-OH is 1. The van der Waals surface area contributed by atoms with Crippen LogP contribution < -0.4 is 16.4 Å². The minimum atomic E-state index is -1.39. The van der Waals surface area contributed by atoms with Crippen molar-refractivity contribution in [3.05, 3.63) is 0 Å². The maximum Gasteiger partial charge on any atom is 0.246 e. The first kappa shape index (κ1) is 45.1. The maximum absolute atomic E-state index is 14.0. The van der Waals surface area contributed by atoms with Crippen molar-refractivity contribution in [2.45, 2.75) is 123 Å². The molecule has 0 unspecified atom stereocenters. The summed E-state index contributed by atoms with van der Waals surface area (Å²) in [4.78, 5) is 83.4. The van der Waals surface area contributed by atoms with Crippen molar-refractivity contribution < 1.29 is 39.0 Å². The zero-order valence-corrected chi connectivity index (χ0v) is 31.7. The molecule has 0 aliphatic rings. The van der Waals surface area contributed by atoms with Gasteiger partial charge in [0.15, 0.2) is 0 Å². The lowest BCUT2D eigenvalue weighted by Gasteiger charge is -2.38. The minimum absolute atomic E-state index is 0.000101. The highest BCUT2D eigenvalue weighted by Crippen LogP contribution is 2.21. The first-order valence-electron chi connectivity index (χ1n) is 16.7. The van der Waals surface area contributed by atoms with Crippen LogP contribution in [0, 0.1) is 11.8 Å². The third-order valence-corrected chi connectivity index (χ3v) is 9.10. The van der Waals surface area contributed by atoms with Gasteiger partial charge in [-0.2, -0.15) is 11.8 Å². The van der Waals surface area contributed by atoms with E-state index in [1.165, 1.54) is 61.3 Å². The zero-order chi connectivity index (χ0) is 37.5. The highest BCUT2D eigenvalue weighted by atomic mass is 32.2. The van der Waals surface area contributed by atoms with Crippen molar-refractivity contribution in [1.29, 1.82) is 0 Å². The van der Waals surface area contributed by atoms with E-state index in [1.54, 1.807) is 20.9 Å². The third kappa shape index (κ3) is 15.1. The van der Waals surface area contributed by atoms with E-state index in [4.69, 9.17) is 5.73 Å². The highest BCUT2D eigenvalue weighted by molar-refractivity contribution is 7.99. The van der Waals surface area contributed by atoms with Crippen LogP contribution in [0.2, 0.25) is 0 Å². The molecule has 6 N–H and O–H groups in total. The molecular weight excluding hydrogens is 640 g/mol. The number of nitrogens with one attached hydrogen (secondary N) is 2. The van der Waals surface area contributed by atoms with E-state index in [0.717, 1.165) is 0 Å². The monoisotopic (exact) mass is 702 g/mol. The fourth-order valence-corrected chi connectivity index (χ4v) is 6.04. The molecule has 0 saturated heterocycles. The minimum Gasteiger partial charge on any atom is -0.396 e. The summed E-state index contributed by atoms with van der Waals surface area (Å²) in [5.74, 6) is -2.90. The Labute approximate surface area is 291 Å². The number of thioether (sulfide) groups is 1. The topological polar surface area (TPSA) is 203 Å². The van der Waals surface area contributed by atoms with Gasteiger partial charge in [-0.1, -0.05) is 34.6 Å². The van der Waals surface area contributed by atoms with Gasteiger partial charge < -0.3 is 41.3 Å². The molecule has 15 heteroatoms. The Hall–Kier alpha value is -2.91. The molecule has 0 aliphatic carbocycles. The van der Waals surface area contributed by atoms with Gasteiger partial charge in [-0.15, -0.1) is 0 Å². The molecular formula is C33H62N6O8S. The van der Waals surface area contributed by atoms with Gasteiger partial charge in [0.05, 0.1) is 5.60 Å². The number of hydrogen-bond donors (Lipinski definition) is 5. The summed E-state index contributed by atoms with van der Waals surface area (Å²) in [6, 6.07) is -5.16. The summed E-state index contributed by atoms with van der Waals surface area (Å²) in [6.45, 7) is 13.5. The van der Waals surface area contributed by atoms with E-state index in [-0.39, 0.29) is 43.4 Å². The second-order valence-electron chi connectivity index (χ2n) is 13.9. The Kier molecular flexibility index (Phi) is 19.9. The summed E-state index contributed by atoms with van der Waals surface area (Å²) in [7, 11) is 4.43. The molecule has 0 heterocycles. The van der Waals surface area contributed by atoms with Gasteiger partial charge in [0.25, 0.3) is 0 Å². The molecule has 48 heavy (non-hydrogen) atoms. The number of carbonyl (C=O) groups is 6. The summed E-state index contributed by atoms with van der Waals surface area (Å²) < 4.78 is 0. The Morgan fingerprint density at radius 3 is 1.83 bits per heavy atom. The fraction of sp³-hybridized carbons (Fsp3) is 0.818. The molecule has 0 rings (SSSR count). The average molecular weight is 703 g/mol. The van der Waals surface area contributed by atoms with Crippen LogP contribution in [0.1, 0.15) is 87.5 Å². The number of rotatable bonds is 22. The van der Waals surface area contributed by atoms with Gasteiger partial charge >= 0.3 is 0 Å². The summed E-state index contributed by atoms with van der Waals surface area (Å²) in [5.41, 5.74) is 3.93. The first-order valence-corrected chi connectivity index (χ1v) is 17.9. The Morgan fingerprint density at radius 2 is 1.38 bits per heavy atom. The molecule has 6 amide bonds. The summed E-state index contributed by atoms with van der Waals surface area (Å²) in [6.07, 6.45) is 1.45. The van der Waals surface area contributed by atoms with Gasteiger partial charge in [0.2, 0.25) is 35.4 Å². The SMILES string of the molecule is CCCC(=O)N(C)[C@H](CSCCCO)C(=O)N(C)[C@@H](CC(C)(C)O)C(=O)N[C@H](C(=O)N(C)[C@@H](CC(C)C)C(=O)N[C@H](C)C(N)=O)C(C)C. The van der Waals surface area contributed by atoms with Crippen molar-refractivity contribution in [3.8, 4) is 0 Å². The van der Waals surface area contributed by atoms with Crippen molar-refractivity contribution in [2.75, 3.05) is 39.3 Å². The van der Waals surface area contributed by atoms with Crippen LogP contribution in [-0.2, 0) is 28.8 Å². The van der Waals surface area contributed by atoms with Crippen LogP contribution in [0.3, 0.4) is 0 Å². The number of nitrogens with zero attached hydrogens (tertiary/aromatic N) is 3. The quantitative estimate of drug-likeness (QED) is 0.101. The lowest BCUT2D eigenvalue weighted by molar-refractivity contribution is -0.149. The maximum atomic E-state index is 14.0. The predicted octanol–water partition coefficient (Wildman–Crippen LogP) is 0.721. The van der Waals surface area contributed by atoms with Crippen LogP contribution in [0.5, 0.6) is 0 Å². The first-order chi connectivity index (χ1) is 22.1.